The minimum atomic E-state index is -0.162. The Hall–Kier alpha value is -3.11. The van der Waals surface area contributed by atoms with Crippen LogP contribution in [0.5, 0.6) is 0 Å². The van der Waals surface area contributed by atoms with Gasteiger partial charge in [-0.2, -0.15) is 5.26 Å². The van der Waals surface area contributed by atoms with Crippen molar-refractivity contribution >= 4 is 11.1 Å². The van der Waals surface area contributed by atoms with Crippen LogP contribution in [0.25, 0.3) is 11.1 Å². The normalized spacial score (nSPS) is 21.9. The standard InChI is InChI=1S/C23H17N/c24-16-21-19-14-8-3-9-15-20(19)22(17-10-4-1-5-11-17)23(21)18-12-6-2-7-13-18/h1-15,19,21H. The van der Waals surface area contributed by atoms with E-state index in [1.807, 2.05) is 30.3 Å². The lowest BCUT2D eigenvalue weighted by Crippen LogP contribution is -2.07. The predicted octanol–water partition coefficient (Wildman–Crippen LogP) is 5.42. The molecular formula is C23H17N. The lowest BCUT2D eigenvalue weighted by Gasteiger charge is -2.13. The summed E-state index contributed by atoms with van der Waals surface area (Å²) in [7, 11) is 0. The van der Waals surface area contributed by atoms with Crippen LogP contribution in [0, 0.1) is 23.2 Å². The van der Waals surface area contributed by atoms with Gasteiger partial charge in [0.1, 0.15) is 0 Å². The summed E-state index contributed by atoms with van der Waals surface area (Å²) in [6.07, 6.45) is 10.5. The molecule has 0 fully saturated rings. The molecule has 0 aliphatic heterocycles. The van der Waals surface area contributed by atoms with Gasteiger partial charge in [0.25, 0.3) is 0 Å². The maximum atomic E-state index is 9.93. The third kappa shape index (κ3) is 2.33. The van der Waals surface area contributed by atoms with Gasteiger partial charge in [-0.25, -0.2) is 0 Å². The molecule has 2 atom stereocenters. The van der Waals surface area contributed by atoms with Crippen molar-refractivity contribution in [3.63, 3.8) is 0 Å². The van der Waals surface area contributed by atoms with Gasteiger partial charge in [0.2, 0.25) is 0 Å². The van der Waals surface area contributed by atoms with E-state index >= 15 is 0 Å². The third-order valence-corrected chi connectivity index (χ3v) is 4.69. The van der Waals surface area contributed by atoms with Crippen molar-refractivity contribution in [2.75, 3.05) is 0 Å². The SMILES string of the molecule is N#CC1C(c2ccccc2)=C(c2ccccc2)C2=CC=CC=CC21. The second kappa shape index (κ2) is 6.18. The second-order valence-electron chi connectivity index (χ2n) is 6.05. The summed E-state index contributed by atoms with van der Waals surface area (Å²) in [4.78, 5) is 0. The highest BCUT2D eigenvalue weighted by Crippen LogP contribution is 2.51. The molecule has 0 N–H and O–H groups in total. The summed E-state index contributed by atoms with van der Waals surface area (Å²) >= 11 is 0. The average Bonchev–Trinajstić information content (AvgIpc) is 2.78. The molecule has 0 saturated heterocycles. The monoisotopic (exact) mass is 307 g/mol. The first kappa shape index (κ1) is 14.5. The smallest absolute Gasteiger partial charge is 0.0828 e. The van der Waals surface area contributed by atoms with E-state index in [9.17, 15) is 5.26 Å². The summed E-state index contributed by atoms with van der Waals surface area (Å²) in [6.45, 7) is 0. The van der Waals surface area contributed by atoms with E-state index in [0.717, 1.165) is 11.1 Å². The first-order valence-corrected chi connectivity index (χ1v) is 8.20. The number of benzene rings is 2. The molecule has 2 unspecified atom stereocenters. The average molecular weight is 307 g/mol. The topological polar surface area (TPSA) is 23.8 Å². The Morgan fingerprint density at radius 2 is 1.42 bits per heavy atom. The van der Waals surface area contributed by atoms with Crippen LogP contribution in [0.2, 0.25) is 0 Å². The Labute approximate surface area is 142 Å². The zero-order chi connectivity index (χ0) is 16.4. The second-order valence-corrected chi connectivity index (χ2v) is 6.05. The van der Waals surface area contributed by atoms with E-state index in [2.05, 4.69) is 66.8 Å². The Balaban J connectivity index is 2.03. The first-order chi connectivity index (χ1) is 11.9. The lowest BCUT2D eigenvalue weighted by molar-refractivity contribution is 0.709. The molecule has 24 heavy (non-hydrogen) atoms. The summed E-state index contributed by atoms with van der Waals surface area (Å²) in [5, 5.41) is 9.93. The van der Waals surface area contributed by atoms with Crippen LogP contribution in [0.15, 0.2) is 96.6 Å². The van der Waals surface area contributed by atoms with Crippen LogP contribution in [0.1, 0.15) is 11.1 Å². The Kier molecular flexibility index (Phi) is 3.73. The summed E-state index contributed by atoms with van der Waals surface area (Å²) in [5.41, 5.74) is 5.88. The van der Waals surface area contributed by atoms with E-state index in [-0.39, 0.29) is 11.8 Å². The van der Waals surface area contributed by atoms with Crippen LogP contribution in [0.3, 0.4) is 0 Å². The maximum Gasteiger partial charge on any atom is 0.0828 e. The van der Waals surface area contributed by atoms with E-state index < -0.39 is 0 Å². The van der Waals surface area contributed by atoms with Crippen LogP contribution < -0.4 is 0 Å². The summed E-state index contributed by atoms with van der Waals surface area (Å²) in [6, 6.07) is 23.3. The fraction of sp³-hybridized carbons (Fsp3) is 0.0870. The number of fused-ring (bicyclic) bond motifs is 1. The molecule has 4 rings (SSSR count). The molecule has 0 heterocycles. The lowest BCUT2D eigenvalue weighted by atomic mass is 9.87. The highest BCUT2D eigenvalue weighted by Gasteiger charge is 2.38. The largest absolute Gasteiger partial charge is 0.198 e. The molecule has 2 aromatic carbocycles. The van der Waals surface area contributed by atoms with Crippen LogP contribution in [-0.4, -0.2) is 0 Å². The fourth-order valence-corrected chi connectivity index (χ4v) is 3.67. The molecule has 114 valence electrons. The quantitative estimate of drug-likeness (QED) is 0.726. The molecule has 2 aromatic rings. The van der Waals surface area contributed by atoms with Crippen molar-refractivity contribution in [1.29, 1.82) is 5.26 Å². The number of rotatable bonds is 2. The molecule has 1 heteroatoms. The van der Waals surface area contributed by atoms with Gasteiger partial charge in [-0.3, -0.25) is 0 Å². The minimum absolute atomic E-state index is 0.107. The molecule has 0 aromatic heterocycles. The van der Waals surface area contributed by atoms with Crippen LogP contribution in [0.4, 0.5) is 0 Å². The third-order valence-electron chi connectivity index (χ3n) is 4.69. The van der Waals surface area contributed by atoms with Crippen molar-refractivity contribution in [3.8, 4) is 6.07 Å². The van der Waals surface area contributed by atoms with Crippen LogP contribution >= 0.6 is 0 Å². The Morgan fingerprint density at radius 3 is 2.08 bits per heavy atom. The molecule has 2 aliphatic rings. The molecule has 1 nitrogen and oxygen atoms in total. The van der Waals surface area contributed by atoms with Gasteiger partial charge in [0.15, 0.2) is 0 Å². The summed E-state index contributed by atoms with van der Waals surface area (Å²) in [5.74, 6) is -0.0552. The molecule has 2 aliphatic carbocycles. The van der Waals surface area contributed by atoms with Gasteiger partial charge in [-0.15, -0.1) is 0 Å². The fourth-order valence-electron chi connectivity index (χ4n) is 3.67. The van der Waals surface area contributed by atoms with Crippen molar-refractivity contribution in [1.82, 2.24) is 0 Å². The van der Waals surface area contributed by atoms with E-state index in [1.54, 1.807) is 0 Å². The molecule has 0 saturated carbocycles. The van der Waals surface area contributed by atoms with Crippen molar-refractivity contribution < 1.29 is 0 Å². The first-order valence-electron chi connectivity index (χ1n) is 8.20. The van der Waals surface area contributed by atoms with Gasteiger partial charge in [-0.05, 0) is 27.8 Å². The van der Waals surface area contributed by atoms with Gasteiger partial charge in [0, 0.05) is 5.92 Å². The van der Waals surface area contributed by atoms with E-state index in [4.69, 9.17) is 0 Å². The van der Waals surface area contributed by atoms with Crippen LogP contribution in [-0.2, 0) is 0 Å². The van der Waals surface area contributed by atoms with Gasteiger partial charge in [0.05, 0.1) is 12.0 Å². The maximum absolute atomic E-state index is 9.93. The molecular weight excluding hydrogens is 290 g/mol. The molecule has 0 radical (unpaired) electrons. The van der Waals surface area contributed by atoms with Gasteiger partial charge in [-0.1, -0.05) is 91.0 Å². The number of hydrogen-bond acceptors (Lipinski definition) is 1. The van der Waals surface area contributed by atoms with E-state index in [1.165, 1.54) is 16.7 Å². The number of allylic oxidation sites excluding steroid dienone is 8. The number of nitriles is 1. The zero-order valence-corrected chi connectivity index (χ0v) is 13.3. The highest BCUT2D eigenvalue weighted by atomic mass is 14.4. The van der Waals surface area contributed by atoms with Crippen molar-refractivity contribution in [3.05, 3.63) is 108 Å². The molecule has 0 bridgehead atoms. The molecule has 0 spiro atoms. The zero-order valence-electron chi connectivity index (χ0n) is 13.3. The molecule has 0 amide bonds. The van der Waals surface area contributed by atoms with Crippen molar-refractivity contribution in [2.24, 2.45) is 11.8 Å². The van der Waals surface area contributed by atoms with Crippen molar-refractivity contribution in [2.45, 2.75) is 0 Å². The Morgan fingerprint density at radius 1 is 0.750 bits per heavy atom. The highest BCUT2D eigenvalue weighted by molar-refractivity contribution is 6.04. The number of hydrogen-bond donors (Lipinski definition) is 0. The minimum Gasteiger partial charge on any atom is -0.198 e. The Bertz CT molecular complexity index is 906. The van der Waals surface area contributed by atoms with E-state index in [0.29, 0.717) is 0 Å². The summed E-state index contributed by atoms with van der Waals surface area (Å²) < 4.78 is 0. The number of nitrogens with zero attached hydrogens (tertiary/aromatic N) is 1. The van der Waals surface area contributed by atoms with Gasteiger partial charge < -0.3 is 0 Å². The predicted molar refractivity (Wildman–Crippen MR) is 98.7 cm³/mol. The van der Waals surface area contributed by atoms with Gasteiger partial charge >= 0.3 is 0 Å².